The third-order valence-corrected chi connectivity index (χ3v) is 1.72. The van der Waals surface area contributed by atoms with Crippen molar-refractivity contribution < 1.29 is 0 Å². The minimum Gasteiger partial charge on any atom is -0.402 e. The summed E-state index contributed by atoms with van der Waals surface area (Å²) in [5.41, 5.74) is 7.91. The number of allylic oxidation sites excluding steroid dienone is 2. The van der Waals surface area contributed by atoms with E-state index in [9.17, 15) is 0 Å². The Morgan fingerprint density at radius 2 is 2.46 bits per heavy atom. The Morgan fingerprint density at radius 1 is 1.69 bits per heavy atom. The van der Waals surface area contributed by atoms with Gasteiger partial charge >= 0.3 is 0 Å². The number of nitriles is 1. The van der Waals surface area contributed by atoms with E-state index < -0.39 is 0 Å². The zero-order valence-electron chi connectivity index (χ0n) is 7.49. The Labute approximate surface area is 77.5 Å². The molecule has 0 aliphatic carbocycles. The summed E-state index contributed by atoms with van der Waals surface area (Å²) in [6, 6.07) is 5.52. The molecule has 1 heterocycles. The van der Waals surface area contributed by atoms with Crippen LogP contribution in [-0.2, 0) is 6.42 Å². The first-order valence-corrected chi connectivity index (χ1v) is 4.02. The molecule has 13 heavy (non-hydrogen) atoms. The third-order valence-electron chi connectivity index (χ3n) is 1.72. The van der Waals surface area contributed by atoms with Crippen LogP contribution in [0.3, 0.4) is 0 Å². The van der Waals surface area contributed by atoms with E-state index in [4.69, 9.17) is 11.0 Å². The molecule has 0 fully saturated rings. The quantitative estimate of drug-likeness (QED) is 0.734. The molecule has 0 spiro atoms. The molecule has 0 bridgehead atoms. The first-order chi connectivity index (χ1) is 6.26. The van der Waals surface area contributed by atoms with Crippen LogP contribution in [0.4, 0.5) is 0 Å². The zero-order chi connectivity index (χ0) is 9.68. The molecule has 0 amide bonds. The normalized spacial score (nSPS) is 10.9. The van der Waals surface area contributed by atoms with Crippen LogP contribution in [0.15, 0.2) is 30.1 Å². The summed E-state index contributed by atoms with van der Waals surface area (Å²) in [4.78, 5) is 3.94. The van der Waals surface area contributed by atoms with Crippen molar-refractivity contribution in [2.75, 3.05) is 0 Å². The first-order valence-electron chi connectivity index (χ1n) is 4.02. The number of hydrogen-bond donors (Lipinski definition) is 1. The van der Waals surface area contributed by atoms with Gasteiger partial charge in [-0.1, -0.05) is 12.1 Å². The Morgan fingerprint density at radius 3 is 2.92 bits per heavy atom. The van der Waals surface area contributed by atoms with Crippen molar-refractivity contribution in [1.82, 2.24) is 4.98 Å². The van der Waals surface area contributed by atoms with Crippen LogP contribution in [0.5, 0.6) is 0 Å². The number of hydrogen-bond acceptors (Lipinski definition) is 3. The minimum atomic E-state index is 0.433. The second-order valence-electron chi connectivity index (χ2n) is 2.70. The van der Waals surface area contributed by atoms with Crippen molar-refractivity contribution in [3.63, 3.8) is 0 Å². The maximum absolute atomic E-state index is 8.51. The van der Waals surface area contributed by atoms with Gasteiger partial charge in [-0.25, -0.2) is 4.98 Å². The van der Waals surface area contributed by atoms with E-state index in [-0.39, 0.29) is 0 Å². The fourth-order valence-electron chi connectivity index (χ4n) is 0.933. The van der Waals surface area contributed by atoms with Crippen LogP contribution in [0.2, 0.25) is 0 Å². The highest BCUT2D eigenvalue weighted by molar-refractivity contribution is 5.25. The van der Waals surface area contributed by atoms with Crippen molar-refractivity contribution in [1.29, 1.82) is 5.26 Å². The van der Waals surface area contributed by atoms with Crippen LogP contribution in [0, 0.1) is 11.3 Å². The maximum Gasteiger partial charge on any atom is 0.140 e. The summed E-state index contributed by atoms with van der Waals surface area (Å²) in [5.74, 6) is 0. The number of rotatable bonds is 2. The predicted molar refractivity (Wildman–Crippen MR) is 50.6 cm³/mol. The smallest absolute Gasteiger partial charge is 0.140 e. The van der Waals surface area contributed by atoms with Crippen LogP contribution < -0.4 is 5.73 Å². The van der Waals surface area contributed by atoms with Crippen LogP contribution in [0.25, 0.3) is 0 Å². The van der Waals surface area contributed by atoms with Gasteiger partial charge in [-0.05, 0) is 18.6 Å². The van der Waals surface area contributed by atoms with E-state index in [0.29, 0.717) is 12.1 Å². The molecular formula is C10H11N3. The van der Waals surface area contributed by atoms with Crippen molar-refractivity contribution in [2.45, 2.75) is 13.3 Å². The second kappa shape index (κ2) is 4.27. The van der Waals surface area contributed by atoms with Crippen LogP contribution in [-0.4, -0.2) is 4.98 Å². The van der Waals surface area contributed by atoms with Gasteiger partial charge in [0.2, 0.25) is 0 Å². The fraction of sp³-hybridized carbons (Fsp3) is 0.200. The molecule has 0 aliphatic rings. The van der Waals surface area contributed by atoms with Crippen LogP contribution >= 0.6 is 0 Å². The maximum atomic E-state index is 8.51. The SMILES string of the molecule is C/C=C(\N)Cc1ccc(C#N)nc1. The lowest BCUT2D eigenvalue weighted by Crippen LogP contribution is -2.01. The van der Waals surface area contributed by atoms with Crippen molar-refractivity contribution in [2.24, 2.45) is 5.73 Å². The van der Waals surface area contributed by atoms with Gasteiger partial charge in [0.15, 0.2) is 0 Å². The molecule has 0 aromatic carbocycles. The number of nitrogens with zero attached hydrogens (tertiary/aromatic N) is 2. The summed E-state index contributed by atoms with van der Waals surface area (Å²) in [6.45, 7) is 1.90. The summed E-state index contributed by atoms with van der Waals surface area (Å²) < 4.78 is 0. The number of aromatic nitrogens is 1. The van der Waals surface area contributed by atoms with Gasteiger partial charge in [0.05, 0.1) is 0 Å². The summed E-state index contributed by atoms with van der Waals surface area (Å²) >= 11 is 0. The first kappa shape index (κ1) is 9.27. The highest BCUT2D eigenvalue weighted by atomic mass is 14.7. The summed E-state index contributed by atoms with van der Waals surface area (Å²) in [7, 11) is 0. The van der Waals surface area contributed by atoms with E-state index in [1.807, 2.05) is 25.1 Å². The molecule has 0 unspecified atom stereocenters. The fourth-order valence-corrected chi connectivity index (χ4v) is 0.933. The molecule has 0 atom stereocenters. The van der Waals surface area contributed by atoms with Gasteiger partial charge in [0.25, 0.3) is 0 Å². The van der Waals surface area contributed by atoms with Gasteiger partial charge in [0.1, 0.15) is 11.8 Å². The van der Waals surface area contributed by atoms with E-state index in [1.54, 1.807) is 12.3 Å². The average molecular weight is 173 g/mol. The summed E-state index contributed by atoms with van der Waals surface area (Å²) in [6.07, 6.45) is 4.22. The molecule has 1 aromatic heterocycles. The third kappa shape index (κ3) is 2.60. The van der Waals surface area contributed by atoms with Crippen molar-refractivity contribution in [3.05, 3.63) is 41.4 Å². The van der Waals surface area contributed by atoms with E-state index in [1.165, 1.54) is 0 Å². The van der Waals surface area contributed by atoms with Crippen LogP contribution in [0.1, 0.15) is 18.2 Å². The Balaban J connectivity index is 2.77. The zero-order valence-corrected chi connectivity index (χ0v) is 7.49. The molecule has 0 saturated heterocycles. The van der Waals surface area contributed by atoms with Gasteiger partial charge in [-0.3, -0.25) is 0 Å². The molecule has 0 aliphatic heterocycles. The molecule has 3 nitrogen and oxygen atoms in total. The Hall–Kier alpha value is -1.82. The topological polar surface area (TPSA) is 62.7 Å². The Bertz CT molecular complexity index is 343. The number of pyridine rings is 1. The lowest BCUT2D eigenvalue weighted by molar-refractivity contribution is 1.07. The van der Waals surface area contributed by atoms with Gasteiger partial charge < -0.3 is 5.73 Å². The second-order valence-corrected chi connectivity index (χ2v) is 2.70. The lowest BCUT2D eigenvalue weighted by atomic mass is 10.1. The molecule has 1 aromatic rings. The average Bonchev–Trinajstić information content (AvgIpc) is 2.19. The highest BCUT2D eigenvalue weighted by Gasteiger charge is 1.95. The molecular weight excluding hydrogens is 162 g/mol. The molecule has 1 rings (SSSR count). The molecule has 66 valence electrons. The molecule has 0 radical (unpaired) electrons. The molecule has 3 heteroatoms. The van der Waals surface area contributed by atoms with Gasteiger partial charge in [-0.15, -0.1) is 0 Å². The monoisotopic (exact) mass is 173 g/mol. The van der Waals surface area contributed by atoms with Gasteiger partial charge in [-0.2, -0.15) is 5.26 Å². The van der Waals surface area contributed by atoms with Crippen molar-refractivity contribution >= 4 is 0 Å². The minimum absolute atomic E-state index is 0.433. The van der Waals surface area contributed by atoms with Crippen molar-refractivity contribution in [3.8, 4) is 6.07 Å². The summed E-state index contributed by atoms with van der Waals surface area (Å²) in [5, 5.41) is 8.51. The highest BCUT2D eigenvalue weighted by Crippen LogP contribution is 2.03. The lowest BCUT2D eigenvalue weighted by Gasteiger charge is -1.99. The van der Waals surface area contributed by atoms with Gasteiger partial charge in [0, 0.05) is 18.3 Å². The van der Waals surface area contributed by atoms with E-state index >= 15 is 0 Å². The molecule has 2 N–H and O–H groups in total. The Kier molecular flexibility index (Phi) is 3.04. The molecule has 0 saturated carbocycles. The number of nitrogens with two attached hydrogens (primary N) is 1. The van der Waals surface area contributed by atoms with E-state index in [2.05, 4.69) is 4.98 Å². The van der Waals surface area contributed by atoms with E-state index in [0.717, 1.165) is 11.3 Å². The standard InChI is InChI=1S/C10H11N3/c1-2-9(12)5-8-3-4-10(6-11)13-7-8/h2-4,7H,5,12H2,1H3/b9-2-. The largest absolute Gasteiger partial charge is 0.402 e. The predicted octanol–water partition coefficient (Wildman–Crippen LogP) is 1.36.